The van der Waals surface area contributed by atoms with Gasteiger partial charge < -0.3 is 20.5 Å². The molecule has 140 valence electrons. The lowest BCUT2D eigenvalue weighted by molar-refractivity contribution is 0.389. The molecule has 11 heteroatoms. The first-order valence-electron chi connectivity index (χ1n) is 7.68. The Morgan fingerprint density at radius 2 is 2.04 bits per heavy atom. The SMILES string of the molecule is CCCS(=O)(=O)Nc1cc(-c2cc(B(O)O)cnc2N)cc(F)c1OC. The van der Waals surface area contributed by atoms with Crippen molar-refractivity contribution in [3.05, 3.63) is 30.2 Å². The topological polar surface area (TPSA) is 135 Å². The molecule has 0 saturated carbocycles. The molecule has 1 aromatic carbocycles. The third-order valence-electron chi connectivity index (χ3n) is 3.53. The molecular formula is C15H19BFN3O5S. The van der Waals surface area contributed by atoms with Gasteiger partial charge in [-0.2, -0.15) is 0 Å². The van der Waals surface area contributed by atoms with E-state index in [1.54, 1.807) is 6.92 Å². The second kappa shape index (κ2) is 7.89. The number of nitrogens with two attached hydrogens (primary N) is 1. The number of hydrogen-bond donors (Lipinski definition) is 4. The molecule has 2 rings (SSSR count). The minimum absolute atomic E-state index is 0.0151. The summed E-state index contributed by atoms with van der Waals surface area (Å²) in [7, 11) is -4.26. The van der Waals surface area contributed by atoms with Gasteiger partial charge in [-0.15, -0.1) is 0 Å². The molecule has 5 N–H and O–H groups in total. The fourth-order valence-corrected chi connectivity index (χ4v) is 3.51. The van der Waals surface area contributed by atoms with Gasteiger partial charge in [0.15, 0.2) is 11.6 Å². The summed E-state index contributed by atoms with van der Waals surface area (Å²) in [6.07, 6.45) is 1.56. The van der Waals surface area contributed by atoms with E-state index < -0.39 is 23.0 Å². The molecule has 0 aliphatic heterocycles. The van der Waals surface area contributed by atoms with Crippen molar-refractivity contribution in [3.63, 3.8) is 0 Å². The third kappa shape index (κ3) is 4.42. The number of rotatable bonds is 7. The number of halogens is 1. The summed E-state index contributed by atoms with van der Waals surface area (Å²) >= 11 is 0. The van der Waals surface area contributed by atoms with E-state index in [0.29, 0.717) is 6.42 Å². The quantitative estimate of drug-likeness (QED) is 0.506. The Labute approximate surface area is 151 Å². The van der Waals surface area contributed by atoms with Gasteiger partial charge in [0.2, 0.25) is 10.0 Å². The Bertz CT molecular complexity index is 908. The predicted octanol–water partition coefficient (Wildman–Crippen LogP) is 0.310. The first-order valence-corrected chi connectivity index (χ1v) is 9.33. The van der Waals surface area contributed by atoms with Crippen molar-refractivity contribution in [1.29, 1.82) is 0 Å². The Balaban J connectivity index is 2.60. The molecule has 0 spiro atoms. The molecule has 0 radical (unpaired) electrons. The first-order chi connectivity index (χ1) is 12.2. The number of nitrogens with one attached hydrogen (secondary N) is 1. The zero-order valence-corrected chi connectivity index (χ0v) is 15.0. The number of methoxy groups -OCH3 is 1. The molecular weight excluding hydrogens is 364 g/mol. The fraction of sp³-hybridized carbons (Fsp3) is 0.267. The van der Waals surface area contributed by atoms with Crippen molar-refractivity contribution in [3.8, 4) is 16.9 Å². The van der Waals surface area contributed by atoms with Crippen LogP contribution in [0.4, 0.5) is 15.9 Å². The average Bonchev–Trinajstić information content (AvgIpc) is 2.54. The van der Waals surface area contributed by atoms with Gasteiger partial charge in [0.1, 0.15) is 5.82 Å². The highest BCUT2D eigenvalue weighted by Crippen LogP contribution is 2.35. The number of nitrogen functional groups attached to an aromatic ring is 1. The molecule has 8 nitrogen and oxygen atoms in total. The van der Waals surface area contributed by atoms with Gasteiger partial charge in [0.25, 0.3) is 0 Å². The molecule has 0 fully saturated rings. The van der Waals surface area contributed by atoms with Crippen LogP contribution >= 0.6 is 0 Å². The highest BCUT2D eigenvalue weighted by Gasteiger charge is 2.20. The summed E-state index contributed by atoms with van der Waals surface area (Å²) in [5.41, 5.74) is 6.18. The van der Waals surface area contributed by atoms with Crippen LogP contribution in [-0.4, -0.2) is 43.4 Å². The summed E-state index contributed by atoms with van der Waals surface area (Å²) in [6, 6.07) is 3.77. The number of anilines is 2. The lowest BCUT2D eigenvalue weighted by atomic mass is 9.80. The molecule has 0 aliphatic carbocycles. The number of sulfonamides is 1. The maximum absolute atomic E-state index is 14.4. The predicted molar refractivity (Wildman–Crippen MR) is 98.1 cm³/mol. The van der Waals surface area contributed by atoms with E-state index in [1.165, 1.54) is 25.4 Å². The lowest BCUT2D eigenvalue weighted by Crippen LogP contribution is -2.30. The minimum atomic E-state index is -3.69. The van der Waals surface area contributed by atoms with Gasteiger partial charge in [0.05, 0.1) is 18.6 Å². The van der Waals surface area contributed by atoms with Crippen LogP contribution < -0.4 is 20.7 Å². The van der Waals surface area contributed by atoms with Crippen LogP contribution in [0.1, 0.15) is 13.3 Å². The normalized spacial score (nSPS) is 11.3. The standard InChI is InChI=1S/C15H19BFN3O5S/c1-3-4-26(23,24)20-13-6-9(5-12(17)14(13)25-2)11-7-10(16(21)22)8-19-15(11)18/h5-8,20-22H,3-4H2,1-2H3,(H2,18,19). The lowest BCUT2D eigenvalue weighted by Gasteiger charge is -2.15. The van der Waals surface area contributed by atoms with Gasteiger partial charge in [-0.1, -0.05) is 6.92 Å². The fourth-order valence-electron chi connectivity index (χ4n) is 2.38. The van der Waals surface area contributed by atoms with Crippen molar-refractivity contribution in [1.82, 2.24) is 4.98 Å². The summed E-state index contributed by atoms with van der Waals surface area (Å²) in [6.45, 7) is 1.70. The zero-order valence-electron chi connectivity index (χ0n) is 14.2. The van der Waals surface area contributed by atoms with Crippen molar-refractivity contribution < 1.29 is 27.6 Å². The molecule has 0 saturated heterocycles. The van der Waals surface area contributed by atoms with Crippen LogP contribution in [0.3, 0.4) is 0 Å². The second-order valence-electron chi connectivity index (χ2n) is 5.53. The maximum Gasteiger partial charge on any atom is 0.490 e. The van der Waals surface area contributed by atoms with Crippen LogP contribution in [0.15, 0.2) is 24.4 Å². The van der Waals surface area contributed by atoms with Crippen LogP contribution in [0, 0.1) is 5.82 Å². The van der Waals surface area contributed by atoms with Gasteiger partial charge in [-0.05, 0) is 30.2 Å². The second-order valence-corrected chi connectivity index (χ2v) is 7.38. The van der Waals surface area contributed by atoms with E-state index in [9.17, 15) is 22.9 Å². The molecule has 26 heavy (non-hydrogen) atoms. The van der Waals surface area contributed by atoms with E-state index in [1.807, 2.05) is 0 Å². The molecule has 1 aromatic heterocycles. The molecule has 0 bridgehead atoms. The maximum atomic E-state index is 14.4. The average molecular weight is 383 g/mol. The van der Waals surface area contributed by atoms with Gasteiger partial charge >= 0.3 is 7.12 Å². The summed E-state index contributed by atoms with van der Waals surface area (Å²) in [5, 5.41) is 18.6. The largest absolute Gasteiger partial charge is 0.492 e. The van der Waals surface area contributed by atoms with Gasteiger partial charge in [-0.3, -0.25) is 4.72 Å². The minimum Gasteiger partial charge on any atom is -0.492 e. The van der Waals surface area contributed by atoms with Gasteiger partial charge in [-0.25, -0.2) is 17.8 Å². The highest BCUT2D eigenvalue weighted by molar-refractivity contribution is 7.92. The smallest absolute Gasteiger partial charge is 0.490 e. The summed E-state index contributed by atoms with van der Waals surface area (Å²) in [4.78, 5) is 3.85. The van der Waals surface area contributed by atoms with E-state index in [2.05, 4.69) is 9.71 Å². The Kier molecular flexibility index (Phi) is 6.06. The summed E-state index contributed by atoms with van der Waals surface area (Å²) in [5.74, 6) is -1.20. The molecule has 2 aromatic rings. The van der Waals surface area contributed by atoms with E-state index in [-0.39, 0.29) is 39.6 Å². The van der Waals surface area contributed by atoms with Crippen LogP contribution in [0.25, 0.3) is 11.1 Å². The molecule has 0 unspecified atom stereocenters. The van der Waals surface area contributed by atoms with E-state index in [0.717, 1.165) is 6.07 Å². The molecule has 1 heterocycles. The summed E-state index contributed by atoms with van der Waals surface area (Å²) < 4.78 is 45.8. The number of aromatic nitrogens is 1. The molecule has 0 amide bonds. The highest BCUT2D eigenvalue weighted by atomic mass is 32.2. The number of pyridine rings is 1. The zero-order chi connectivity index (χ0) is 19.5. The number of hydrogen-bond acceptors (Lipinski definition) is 7. The number of ether oxygens (including phenoxy) is 1. The molecule has 0 atom stereocenters. The van der Waals surface area contributed by atoms with Crippen LogP contribution in [0.2, 0.25) is 0 Å². The first kappa shape index (κ1) is 20.0. The number of benzene rings is 1. The van der Waals surface area contributed by atoms with E-state index >= 15 is 0 Å². The van der Waals surface area contributed by atoms with E-state index in [4.69, 9.17) is 10.5 Å². The van der Waals surface area contributed by atoms with Crippen LogP contribution in [-0.2, 0) is 10.0 Å². The van der Waals surface area contributed by atoms with Crippen molar-refractivity contribution >= 4 is 34.1 Å². The Morgan fingerprint density at radius 3 is 2.62 bits per heavy atom. The van der Waals surface area contributed by atoms with Crippen molar-refractivity contribution in [2.24, 2.45) is 0 Å². The third-order valence-corrected chi connectivity index (χ3v) is 5.01. The van der Waals surface area contributed by atoms with Crippen molar-refractivity contribution in [2.75, 3.05) is 23.3 Å². The Morgan fingerprint density at radius 1 is 1.35 bits per heavy atom. The molecule has 0 aliphatic rings. The monoisotopic (exact) mass is 383 g/mol. The number of nitrogens with zero attached hydrogens (tertiary/aromatic N) is 1. The Hall–Kier alpha value is -2.37. The van der Waals surface area contributed by atoms with Gasteiger partial charge in [0, 0.05) is 17.2 Å². The van der Waals surface area contributed by atoms with Crippen LogP contribution in [0.5, 0.6) is 5.75 Å². The van der Waals surface area contributed by atoms with Crippen molar-refractivity contribution in [2.45, 2.75) is 13.3 Å².